The van der Waals surface area contributed by atoms with Crippen molar-refractivity contribution in [2.45, 2.75) is 19.4 Å². The molecule has 3 rings (SSSR count). The standard InChI is InChI=1S/C12H15N5O/c1-16-11(5-4-10-3-2-6-18-10)15-17-8-9(7-13)14-12(16)17/h2-3,6,8H,4-5,7,13H2,1H3. The van der Waals surface area contributed by atoms with E-state index in [9.17, 15) is 0 Å². The van der Waals surface area contributed by atoms with Gasteiger partial charge in [0.25, 0.3) is 0 Å². The fraction of sp³-hybridized carbons (Fsp3) is 0.333. The highest BCUT2D eigenvalue weighted by Crippen LogP contribution is 2.10. The number of aromatic nitrogens is 4. The van der Waals surface area contributed by atoms with Gasteiger partial charge in [-0.05, 0) is 12.1 Å². The molecule has 0 spiro atoms. The van der Waals surface area contributed by atoms with Gasteiger partial charge in [0.1, 0.15) is 11.6 Å². The number of furan rings is 1. The third-order valence-electron chi connectivity index (χ3n) is 3.01. The molecule has 0 amide bonds. The Labute approximate surface area is 104 Å². The smallest absolute Gasteiger partial charge is 0.232 e. The first-order chi connectivity index (χ1) is 8.78. The maximum atomic E-state index is 5.56. The summed E-state index contributed by atoms with van der Waals surface area (Å²) < 4.78 is 9.08. The maximum absolute atomic E-state index is 5.56. The molecule has 6 heteroatoms. The normalized spacial score (nSPS) is 11.4. The summed E-state index contributed by atoms with van der Waals surface area (Å²) in [5, 5.41) is 4.50. The average molecular weight is 245 g/mol. The molecule has 3 heterocycles. The van der Waals surface area contributed by atoms with E-state index in [0.29, 0.717) is 6.54 Å². The summed E-state index contributed by atoms with van der Waals surface area (Å²) in [5.74, 6) is 2.78. The molecule has 0 bridgehead atoms. The molecule has 0 aliphatic carbocycles. The van der Waals surface area contributed by atoms with E-state index in [1.54, 1.807) is 10.8 Å². The Morgan fingerprint density at radius 2 is 2.28 bits per heavy atom. The zero-order valence-corrected chi connectivity index (χ0v) is 10.2. The number of aryl methyl sites for hydroxylation is 3. The SMILES string of the molecule is Cn1c(CCc2ccco2)nn2cc(CN)nc12. The van der Waals surface area contributed by atoms with Gasteiger partial charge in [-0.25, -0.2) is 9.50 Å². The molecule has 2 N–H and O–H groups in total. The van der Waals surface area contributed by atoms with E-state index in [1.165, 1.54) is 0 Å². The highest BCUT2D eigenvalue weighted by Gasteiger charge is 2.11. The van der Waals surface area contributed by atoms with Crippen LogP contribution in [0.3, 0.4) is 0 Å². The van der Waals surface area contributed by atoms with Crippen molar-refractivity contribution in [1.82, 2.24) is 19.2 Å². The average Bonchev–Trinajstić information content (AvgIpc) is 3.06. The van der Waals surface area contributed by atoms with Gasteiger partial charge in [-0.2, -0.15) is 5.10 Å². The minimum Gasteiger partial charge on any atom is -0.469 e. The molecular weight excluding hydrogens is 230 g/mol. The van der Waals surface area contributed by atoms with Gasteiger partial charge in [-0.15, -0.1) is 0 Å². The van der Waals surface area contributed by atoms with E-state index in [1.807, 2.05) is 29.9 Å². The van der Waals surface area contributed by atoms with Gasteiger partial charge in [-0.3, -0.25) is 0 Å². The van der Waals surface area contributed by atoms with Crippen molar-refractivity contribution in [2.75, 3.05) is 0 Å². The van der Waals surface area contributed by atoms with Crippen molar-refractivity contribution >= 4 is 5.78 Å². The van der Waals surface area contributed by atoms with E-state index in [2.05, 4.69) is 10.1 Å². The van der Waals surface area contributed by atoms with Crippen LogP contribution in [0.25, 0.3) is 5.78 Å². The predicted molar refractivity (Wildman–Crippen MR) is 66.0 cm³/mol. The van der Waals surface area contributed by atoms with E-state index >= 15 is 0 Å². The molecule has 0 saturated carbocycles. The third-order valence-corrected chi connectivity index (χ3v) is 3.01. The summed E-state index contributed by atoms with van der Waals surface area (Å²) in [6, 6.07) is 3.87. The first-order valence-electron chi connectivity index (χ1n) is 5.90. The Morgan fingerprint density at radius 3 is 2.94 bits per heavy atom. The summed E-state index contributed by atoms with van der Waals surface area (Å²) >= 11 is 0. The van der Waals surface area contributed by atoms with Crippen LogP contribution >= 0.6 is 0 Å². The maximum Gasteiger partial charge on any atom is 0.232 e. The molecule has 0 aliphatic rings. The van der Waals surface area contributed by atoms with Crippen LogP contribution in [0.15, 0.2) is 29.0 Å². The molecule has 0 atom stereocenters. The van der Waals surface area contributed by atoms with Gasteiger partial charge >= 0.3 is 0 Å². The number of hydrogen-bond acceptors (Lipinski definition) is 4. The van der Waals surface area contributed by atoms with Gasteiger partial charge in [0, 0.05) is 26.4 Å². The van der Waals surface area contributed by atoms with E-state index < -0.39 is 0 Å². The highest BCUT2D eigenvalue weighted by molar-refractivity contribution is 5.32. The molecule has 0 saturated heterocycles. The lowest BCUT2D eigenvalue weighted by molar-refractivity contribution is 0.504. The monoisotopic (exact) mass is 245 g/mol. The second-order valence-corrected chi connectivity index (χ2v) is 4.24. The lowest BCUT2D eigenvalue weighted by atomic mass is 10.2. The Balaban J connectivity index is 1.84. The quantitative estimate of drug-likeness (QED) is 0.741. The van der Waals surface area contributed by atoms with Crippen molar-refractivity contribution < 1.29 is 4.42 Å². The minimum absolute atomic E-state index is 0.436. The van der Waals surface area contributed by atoms with Crippen molar-refractivity contribution in [3.8, 4) is 0 Å². The molecule has 0 aromatic carbocycles. The van der Waals surface area contributed by atoms with Crippen LogP contribution in [-0.2, 0) is 26.4 Å². The number of nitrogens with zero attached hydrogens (tertiary/aromatic N) is 4. The molecular formula is C12H15N5O. The lowest BCUT2D eigenvalue weighted by Gasteiger charge is -1.98. The molecule has 3 aromatic rings. The number of nitrogens with two attached hydrogens (primary N) is 1. The molecule has 94 valence electrons. The first-order valence-corrected chi connectivity index (χ1v) is 5.90. The summed E-state index contributed by atoms with van der Waals surface area (Å²) in [7, 11) is 1.97. The Kier molecular flexibility index (Phi) is 2.64. The van der Waals surface area contributed by atoms with E-state index in [0.717, 1.165) is 35.9 Å². The van der Waals surface area contributed by atoms with Crippen molar-refractivity contribution in [3.63, 3.8) is 0 Å². The molecule has 18 heavy (non-hydrogen) atoms. The zero-order chi connectivity index (χ0) is 12.5. The summed E-state index contributed by atoms with van der Waals surface area (Å²) in [6.45, 7) is 0.436. The fourth-order valence-electron chi connectivity index (χ4n) is 2.02. The zero-order valence-electron chi connectivity index (χ0n) is 10.2. The second-order valence-electron chi connectivity index (χ2n) is 4.24. The molecule has 3 aromatic heterocycles. The summed E-state index contributed by atoms with van der Waals surface area (Å²) in [5.41, 5.74) is 6.41. The van der Waals surface area contributed by atoms with Gasteiger partial charge in [0.15, 0.2) is 0 Å². The number of rotatable bonds is 4. The van der Waals surface area contributed by atoms with E-state index in [4.69, 9.17) is 10.2 Å². The summed E-state index contributed by atoms with van der Waals surface area (Å²) in [4.78, 5) is 4.41. The Hall–Kier alpha value is -2.08. The third kappa shape index (κ3) is 1.80. The number of fused-ring (bicyclic) bond motifs is 1. The van der Waals surface area contributed by atoms with Crippen LogP contribution < -0.4 is 5.73 Å². The van der Waals surface area contributed by atoms with Crippen LogP contribution in [0.5, 0.6) is 0 Å². The first kappa shape index (κ1) is 11.0. The van der Waals surface area contributed by atoms with Gasteiger partial charge in [0.2, 0.25) is 5.78 Å². The lowest BCUT2D eigenvalue weighted by Crippen LogP contribution is -2.02. The predicted octanol–water partition coefficient (Wildman–Crippen LogP) is 0.905. The van der Waals surface area contributed by atoms with Crippen molar-refractivity contribution in [3.05, 3.63) is 41.9 Å². The molecule has 0 unspecified atom stereocenters. The second kappa shape index (κ2) is 4.30. The van der Waals surface area contributed by atoms with Crippen LogP contribution in [0.2, 0.25) is 0 Å². The molecule has 0 radical (unpaired) electrons. The molecule has 6 nitrogen and oxygen atoms in total. The summed E-state index contributed by atoms with van der Waals surface area (Å²) in [6.07, 6.45) is 5.22. The van der Waals surface area contributed by atoms with E-state index in [-0.39, 0.29) is 0 Å². The molecule has 0 fully saturated rings. The largest absolute Gasteiger partial charge is 0.469 e. The van der Waals surface area contributed by atoms with Crippen LogP contribution in [-0.4, -0.2) is 19.2 Å². The van der Waals surface area contributed by atoms with Gasteiger partial charge in [0.05, 0.1) is 18.2 Å². The fourth-order valence-corrected chi connectivity index (χ4v) is 2.02. The Bertz CT molecular complexity index is 649. The van der Waals surface area contributed by atoms with Crippen molar-refractivity contribution in [1.29, 1.82) is 0 Å². The number of hydrogen-bond donors (Lipinski definition) is 1. The number of imidazole rings is 1. The van der Waals surface area contributed by atoms with Gasteiger partial charge < -0.3 is 14.7 Å². The molecule has 0 aliphatic heterocycles. The van der Waals surface area contributed by atoms with Crippen LogP contribution in [0, 0.1) is 0 Å². The van der Waals surface area contributed by atoms with Gasteiger partial charge in [-0.1, -0.05) is 0 Å². The highest BCUT2D eigenvalue weighted by atomic mass is 16.3. The minimum atomic E-state index is 0.436. The van der Waals surface area contributed by atoms with Crippen LogP contribution in [0.4, 0.5) is 0 Å². The van der Waals surface area contributed by atoms with Crippen molar-refractivity contribution in [2.24, 2.45) is 12.8 Å². The van der Waals surface area contributed by atoms with Crippen LogP contribution in [0.1, 0.15) is 17.3 Å². The Morgan fingerprint density at radius 1 is 1.39 bits per heavy atom. The topological polar surface area (TPSA) is 74.3 Å².